The second-order valence-corrected chi connectivity index (χ2v) is 8.80. The van der Waals surface area contributed by atoms with Gasteiger partial charge in [-0.05, 0) is 37.3 Å². The van der Waals surface area contributed by atoms with Crippen molar-refractivity contribution in [3.63, 3.8) is 0 Å². The molecule has 0 rings (SSSR count). The molecule has 2 N–H and O–H groups in total. The van der Waals surface area contributed by atoms with Crippen LogP contribution >= 0.6 is 0 Å². The Hall–Kier alpha value is -0.540. The fourth-order valence-corrected chi connectivity index (χ4v) is 2.73. The molecular weight excluding hydrogens is 272 g/mol. The van der Waals surface area contributed by atoms with Gasteiger partial charge in [-0.3, -0.25) is 0 Å². The maximum atomic E-state index is 6.04. The van der Waals surface area contributed by atoms with Crippen LogP contribution in [0.2, 0.25) is 0 Å². The molecule has 0 saturated carbocycles. The number of rotatable bonds is 10. The molecule has 0 aromatic carbocycles. The van der Waals surface area contributed by atoms with Crippen LogP contribution in [0.1, 0.15) is 61.3 Å². The third kappa shape index (κ3) is 7.64. The molecule has 0 radical (unpaired) electrons. The highest BCUT2D eigenvalue weighted by atomic mass is 16.5. The molecule has 3 heteroatoms. The summed E-state index contributed by atoms with van der Waals surface area (Å²) in [6, 6.07) is 0. The number of hydrogen-bond acceptors (Lipinski definition) is 3. The Balaban J connectivity index is 4.43. The van der Waals surface area contributed by atoms with E-state index in [-0.39, 0.29) is 16.2 Å². The van der Waals surface area contributed by atoms with Gasteiger partial charge in [0.15, 0.2) is 0 Å². The van der Waals surface area contributed by atoms with E-state index in [1.807, 2.05) is 7.05 Å². The van der Waals surface area contributed by atoms with Crippen molar-refractivity contribution in [1.29, 1.82) is 0 Å². The summed E-state index contributed by atoms with van der Waals surface area (Å²) in [6.07, 6.45) is 2.08. The summed E-state index contributed by atoms with van der Waals surface area (Å²) in [5, 5.41) is 6.52. The lowest BCUT2D eigenvalue weighted by atomic mass is 9.60. The molecule has 3 nitrogen and oxygen atoms in total. The second-order valence-electron chi connectivity index (χ2n) is 8.80. The Morgan fingerprint density at radius 3 is 2.00 bits per heavy atom. The van der Waals surface area contributed by atoms with E-state index in [0.29, 0.717) is 0 Å². The molecule has 22 heavy (non-hydrogen) atoms. The minimum atomic E-state index is -0.0230. The van der Waals surface area contributed by atoms with Crippen LogP contribution in [-0.4, -0.2) is 33.3 Å². The zero-order chi connectivity index (χ0) is 17.4. The molecular formula is C19H40N2O. The van der Waals surface area contributed by atoms with E-state index in [2.05, 4.69) is 65.7 Å². The highest BCUT2D eigenvalue weighted by Gasteiger charge is 2.43. The Morgan fingerprint density at radius 1 is 0.955 bits per heavy atom. The van der Waals surface area contributed by atoms with Crippen molar-refractivity contribution in [2.75, 3.05) is 33.3 Å². The van der Waals surface area contributed by atoms with Gasteiger partial charge in [-0.25, -0.2) is 0 Å². The van der Waals surface area contributed by atoms with Crippen LogP contribution in [0.5, 0.6) is 0 Å². The van der Waals surface area contributed by atoms with Gasteiger partial charge in [-0.15, -0.1) is 0 Å². The summed E-state index contributed by atoms with van der Waals surface area (Å²) in [5.41, 5.74) is 0.357. The van der Waals surface area contributed by atoms with Crippen LogP contribution in [0.15, 0.2) is 12.3 Å². The molecule has 0 fully saturated rings. The van der Waals surface area contributed by atoms with E-state index in [9.17, 15) is 0 Å². The molecule has 0 amide bonds. The average molecular weight is 313 g/mol. The SMILES string of the molecule is C=C(OCCCNCCNC)C(C)(CC(C)(C)C)C(C)(C)C. The van der Waals surface area contributed by atoms with Gasteiger partial charge in [0.2, 0.25) is 0 Å². The van der Waals surface area contributed by atoms with E-state index >= 15 is 0 Å². The Labute approximate surface area is 139 Å². The van der Waals surface area contributed by atoms with E-state index in [4.69, 9.17) is 4.74 Å². The molecule has 0 saturated heterocycles. The Kier molecular flexibility index (Phi) is 8.71. The van der Waals surface area contributed by atoms with E-state index in [0.717, 1.165) is 44.8 Å². The summed E-state index contributed by atoms with van der Waals surface area (Å²) < 4.78 is 6.04. The summed E-state index contributed by atoms with van der Waals surface area (Å²) in [7, 11) is 1.97. The van der Waals surface area contributed by atoms with E-state index < -0.39 is 0 Å². The van der Waals surface area contributed by atoms with Crippen molar-refractivity contribution < 1.29 is 4.74 Å². The van der Waals surface area contributed by atoms with Crippen LogP contribution in [0.3, 0.4) is 0 Å². The largest absolute Gasteiger partial charge is 0.498 e. The summed E-state index contributed by atoms with van der Waals surface area (Å²) >= 11 is 0. The smallest absolute Gasteiger partial charge is 0.0952 e. The van der Waals surface area contributed by atoms with Gasteiger partial charge in [-0.1, -0.05) is 55.0 Å². The first kappa shape index (κ1) is 21.5. The summed E-state index contributed by atoms with van der Waals surface area (Å²) in [6.45, 7) is 24.0. The van der Waals surface area contributed by atoms with Gasteiger partial charge in [0.1, 0.15) is 0 Å². The molecule has 0 aliphatic heterocycles. The molecule has 0 bridgehead atoms. The van der Waals surface area contributed by atoms with Crippen molar-refractivity contribution in [1.82, 2.24) is 10.6 Å². The lowest BCUT2D eigenvalue weighted by Gasteiger charge is -2.46. The quantitative estimate of drug-likeness (QED) is 0.468. The predicted octanol–water partition coefficient (Wildman–Crippen LogP) is 4.20. The molecule has 0 heterocycles. The molecule has 0 spiro atoms. The molecule has 0 aromatic rings. The zero-order valence-corrected chi connectivity index (χ0v) is 16.4. The van der Waals surface area contributed by atoms with Gasteiger partial charge in [0.25, 0.3) is 0 Å². The first-order chi connectivity index (χ1) is 9.94. The molecule has 1 unspecified atom stereocenters. The summed E-state index contributed by atoms with van der Waals surface area (Å²) in [4.78, 5) is 0. The lowest BCUT2D eigenvalue weighted by molar-refractivity contribution is 0.0208. The topological polar surface area (TPSA) is 33.3 Å². The van der Waals surface area contributed by atoms with Gasteiger partial charge >= 0.3 is 0 Å². The van der Waals surface area contributed by atoms with Crippen molar-refractivity contribution in [3.8, 4) is 0 Å². The minimum Gasteiger partial charge on any atom is -0.498 e. The number of allylic oxidation sites excluding steroid dienone is 1. The minimum absolute atomic E-state index is 0.0230. The van der Waals surface area contributed by atoms with Crippen LogP contribution in [-0.2, 0) is 4.74 Å². The zero-order valence-electron chi connectivity index (χ0n) is 16.4. The van der Waals surface area contributed by atoms with E-state index in [1.54, 1.807) is 0 Å². The number of hydrogen-bond donors (Lipinski definition) is 2. The Bertz CT molecular complexity index is 325. The van der Waals surface area contributed by atoms with Gasteiger partial charge in [-0.2, -0.15) is 0 Å². The van der Waals surface area contributed by atoms with Gasteiger partial charge in [0, 0.05) is 18.5 Å². The second kappa shape index (κ2) is 8.93. The van der Waals surface area contributed by atoms with Crippen molar-refractivity contribution in [2.24, 2.45) is 16.2 Å². The first-order valence-electron chi connectivity index (χ1n) is 8.61. The maximum Gasteiger partial charge on any atom is 0.0952 e. The lowest BCUT2D eigenvalue weighted by Crippen LogP contribution is -2.39. The third-order valence-corrected chi connectivity index (χ3v) is 4.48. The highest BCUT2D eigenvalue weighted by molar-refractivity contribution is 5.08. The monoisotopic (exact) mass is 312 g/mol. The fourth-order valence-electron chi connectivity index (χ4n) is 2.73. The van der Waals surface area contributed by atoms with Crippen molar-refractivity contribution >= 4 is 0 Å². The van der Waals surface area contributed by atoms with Gasteiger partial charge in [0.05, 0.1) is 12.4 Å². The number of nitrogens with one attached hydrogen (secondary N) is 2. The molecule has 0 aliphatic rings. The predicted molar refractivity (Wildman–Crippen MR) is 98.1 cm³/mol. The summed E-state index contributed by atoms with van der Waals surface area (Å²) in [5.74, 6) is 0.935. The van der Waals surface area contributed by atoms with E-state index in [1.165, 1.54) is 0 Å². The van der Waals surface area contributed by atoms with Crippen LogP contribution in [0.25, 0.3) is 0 Å². The molecule has 1 atom stereocenters. The van der Waals surface area contributed by atoms with Crippen molar-refractivity contribution in [2.45, 2.75) is 61.3 Å². The molecule has 0 aromatic heterocycles. The molecule has 132 valence electrons. The van der Waals surface area contributed by atoms with Crippen LogP contribution < -0.4 is 10.6 Å². The van der Waals surface area contributed by atoms with Crippen LogP contribution in [0, 0.1) is 16.2 Å². The standard InChI is InChI=1S/C19H40N2O/c1-16(22-14-10-11-21-13-12-20-9)19(8,18(5,6)7)15-17(2,3)4/h20-21H,1,10-15H2,2-9H3. The highest BCUT2D eigenvalue weighted by Crippen LogP contribution is 2.51. The Morgan fingerprint density at radius 2 is 1.55 bits per heavy atom. The number of ether oxygens (including phenoxy) is 1. The van der Waals surface area contributed by atoms with Gasteiger partial charge < -0.3 is 15.4 Å². The molecule has 0 aliphatic carbocycles. The third-order valence-electron chi connectivity index (χ3n) is 4.48. The first-order valence-corrected chi connectivity index (χ1v) is 8.61. The van der Waals surface area contributed by atoms with Crippen LogP contribution in [0.4, 0.5) is 0 Å². The normalized spacial score (nSPS) is 15.5. The number of likely N-dealkylation sites (N-methyl/N-ethyl adjacent to an activating group) is 1. The average Bonchev–Trinajstić information content (AvgIpc) is 2.34. The fraction of sp³-hybridized carbons (Fsp3) is 0.895. The maximum absolute atomic E-state index is 6.04. The van der Waals surface area contributed by atoms with Crippen molar-refractivity contribution in [3.05, 3.63) is 12.3 Å².